The number of halogens is 1. The number of piperidine rings is 1. The van der Waals surface area contributed by atoms with Gasteiger partial charge in [-0.25, -0.2) is 0 Å². The molecule has 30 heavy (non-hydrogen) atoms. The summed E-state index contributed by atoms with van der Waals surface area (Å²) in [5.74, 6) is 1.39. The lowest BCUT2D eigenvalue weighted by Gasteiger charge is -2.33. The molecule has 0 bridgehead atoms. The van der Waals surface area contributed by atoms with E-state index in [9.17, 15) is 0 Å². The van der Waals surface area contributed by atoms with Crippen LogP contribution >= 0.6 is 24.0 Å². The Morgan fingerprint density at radius 2 is 1.97 bits per heavy atom. The molecule has 0 aliphatic carbocycles. The van der Waals surface area contributed by atoms with Crippen LogP contribution in [0.3, 0.4) is 0 Å². The van der Waals surface area contributed by atoms with E-state index >= 15 is 0 Å². The standard InChI is InChI=1S/C23H38N4O2.HI/c1-3-24-23(26-21-10-14-27(15-11-21)13-7-16-28-2)25-18-20-12-17-29-22(20)19-8-5-4-6-9-19;/h4-6,8-9,20-22H,3,7,10-18H2,1-2H3,(H2,24,25,26);1H. The predicted molar refractivity (Wildman–Crippen MR) is 134 cm³/mol. The number of rotatable bonds is 9. The Kier molecular flexibility index (Phi) is 12.0. The molecule has 0 aromatic heterocycles. The van der Waals surface area contributed by atoms with E-state index in [1.807, 2.05) is 0 Å². The maximum absolute atomic E-state index is 6.02. The molecule has 2 unspecified atom stereocenters. The van der Waals surface area contributed by atoms with Crippen LogP contribution in [0.15, 0.2) is 35.3 Å². The molecule has 0 amide bonds. The third-order valence-electron chi connectivity index (χ3n) is 5.92. The molecule has 1 aromatic rings. The van der Waals surface area contributed by atoms with Crippen molar-refractivity contribution in [3.63, 3.8) is 0 Å². The number of benzene rings is 1. The van der Waals surface area contributed by atoms with Gasteiger partial charge in [-0.15, -0.1) is 24.0 Å². The maximum atomic E-state index is 6.02. The Labute approximate surface area is 199 Å². The highest BCUT2D eigenvalue weighted by atomic mass is 127. The second kappa shape index (κ2) is 14.2. The second-order valence-electron chi connectivity index (χ2n) is 8.08. The minimum Gasteiger partial charge on any atom is -0.385 e. The summed E-state index contributed by atoms with van der Waals surface area (Å²) >= 11 is 0. The van der Waals surface area contributed by atoms with Gasteiger partial charge in [-0.1, -0.05) is 30.3 Å². The first-order valence-electron chi connectivity index (χ1n) is 11.2. The van der Waals surface area contributed by atoms with E-state index in [4.69, 9.17) is 14.5 Å². The number of guanidine groups is 1. The summed E-state index contributed by atoms with van der Waals surface area (Å²) in [5, 5.41) is 7.10. The number of likely N-dealkylation sites (tertiary alicyclic amines) is 1. The molecular weight excluding hydrogens is 491 g/mol. The Morgan fingerprint density at radius 1 is 1.20 bits per heavy atom. The normalized spacial score (nSPS) is 23.2. The molecule has 2 fully saturated rings. The Morgan fingerprint density at radius 3 is 2.67 bits per heavy atom. The number of nitrogens with one attached hydrogen (secondary N) is 2. The number of hydrogen-bond acceptors (Lipinski definition) is 4. The van der Waals surface area contributed by atoms with Gasteiger partial charge >= 0.3 is 0 Å². The van der Waals surface area contributed by atoms with E-state index in [-0.39, 0.29) is 30.1 Å². The molecule has 3 rings (SSSR count). The topological polar surface area (TPSA) is 58.1 Å². The summed E-state index contributed by atoms with van der Waals surface area (Å²) in [6.07, 6.45) is 4.68. The summed E-state index contributed by atoms with van der Waals surface area (Å²) < 4.78 is 11.2. The van der Waals surface area contributed by atoms with Crippen LogP contribution in [0.5, 0.6) is 0 Å². The van der Waals surface area contributed by atoms with Crippen molar-refractivity contribution >= 4 is 29.9 Å². The van der Waals surface area contributed by atoms with Crippen LogP contribution < -0.4 is 10.6 Å². The van der Waals surface area contributed by atoms with Gasteiger partial charge in [-0.05, 0) is 38.2 Å². The first-order chi connectivity index (χ1) is 14.3. The van der Waals surface area contributed by atoms with E-state index in [2.05, 4.69) is 52.8 Å². The molecule has 2 aliphatic heterocycles. The zero-order chi connectivity index (χ0) is 20.3. The average Bonchev–Trinajstić information content (AvgIpc) is 3.23. The molecular formula is C23H39IN4O2. The van der Waals surface area contributed by atoms with E-state index in [0.29, 0.717) is 12.0 Å². The van der Waals surface area contributed by atoms with Crippen molar-refractivity contribution in [1.29, 1.82) is 0 Å². The number of nitrogens with zero attached hydrogens (tertiary/aromatic N) is 2. The summed E-state index contributed by atoms with van der Waals surface area (Å²) in [7, 11) is 1.78. The first-order valence-corrected chi connectivity index (χ1v) is 11.2. The van der Waals surface area contributed by atoms with Crippen LogP contribution in [-0.4, -0.2) is 69.9 Å². The molecule has 2 aliphatic rings. The summed E-state index contributed by atoms with van der Waals surface area (Å²) in [6, 6.07) is 11.1. The fraction of sp³-hybridized carbons (Fsp3) is 0.696. The number of ether oxygens (including phenoxy) is 2. The van der Waals surface area contributed by atoms with Crippen molar-refractivity contribution in [3.05, 3.63) is 35.9 Å². The quantitative estimate of drug-likeness (QED) is 0.222. The third-order valence-corrected chi connectivity index (χ3v) is 5.92. The smallest absolute Gasteiger partial charge is 0.191 e. The van der Waals surface area contributed by atoms with Crippen LogP contribution in [0.25, 0.3) is 0 Å². The first kappa shape index (κ1) is 25.4. The molecule has 1 aromatic carbocycles. The van der Waals surface area contributed by atoms with E-state index < -0.39 is 0 Å². The van der Waals surface area contributed by atoms with E-state index in [1.54, 1.807) is 7.11 Å². The van der Waals surface area contributed by atoms with Crippen LogP contribution in [-0.2, 0) is 9.47 Å². The highest BCUT2D eigenvalue weighted by molar-refractivity contribution is 14.0. The van der Waals surface area contributed by atoms with Crippen LogP contribution in [0, 0.1) is 5.92 Å². The SMILES string of the molecule is CCNC(=NCC1CCOC1c1ccccc1)NC1CCN(CCCOC)CC1.I. The summed E-state index contributed by atoms with van der Waals surface area (Å²) in [6.45, 7) is 8.91. The third kappa shape index (κ3) is 7.98. The largest absolute Gasteiger partial charge is 0.385 e. The van der Waals surface area contributed by atoms with Gasteiger partial charge in [-0.2, -0.15) is 0 Å². The maximum Gasteiger partial charge on any atom is 0.191 e. The zero-order valence-electron chi connectivity index (χ0n) is 18.5. The zero-order valence-corrected chi connectivity index (χ0v) is 20.8. The molecule has 0 radical (unpaired) electrons. The van der Waals surface area contributed by atoms with Gasteiger partial charge in [0.05, 0.1) is 6.10 Å². The van der Waals surface area contributed by atoms with E-state index in [1.165, 1.54) is 5.56 Å². The molecule has 2 heterocycles. The minimum absolute atomic E-state index is 0. The van der Waals surface area contributed by atoms with Gasteiger partial charge in [0.1, 0.15) is 0 Å². The summed E-state index contributed by atoms with van der Waals surface area (Å²) in [5.41, 5.74) is 1.27. The van der Waals surface area contributed by atoms with E-state index in [0.717, 1.165) is 77.6 Å². The van der Waals surface area contributed by atoms with Gasteiger partial charge in [0.2, 0.25) is 0 Å². The fourth-order valence-electron chi connectivity index (χ4n) is 4.29. The highest BCUT2D eigenvalue weighted by Gasteiger charge is 2.29. The molecule has 2 N–H and O–H groups in total. The lowest BCUT2D eigenvalue weighted by Crippen LogP contribution is -2.49. The molecule has 2 atom stereocenters. The monoisotopic (exact) mass is 530 g/mol. The van der Waals surface area contributed by atoms with Crippen molar-refractivity contribution in [1.82, 2.24) is 15.5 Å². The van der Waals surface area contributed by atoms with Crippen molar-refractivity contribution in [2.24, 2.45) is 10.9 Å². The van der Waals surface area contributed by atoms with Gasteiger partial charge in [0, 0.05) is 65.0 Å². The van der Waals surface area contributed by atoms with Crippen LogP contribution in [0.4, 0.5) is 0 Å². The van der Waals surface area contributed by atoms with Crippen molar-refractivity contribution in [2.75, 3.05) is 53.0 Å². The predicted octanol–water partition coefficient (Wildman–Crippen LogP) is 3.44. The number of aliphatic imine (C=N–C) groups is 1. The van der Waals surface area contributed by atoms with Gasteiger partial charge in [0.25, 0.3) is 0 Å². The van der Waals surface area contributed by atoms with Crippen molar-refractivity contribution in [3.8, 4) is 0 Å². The second-order valence-corrected chi connectivity index (χ2v) is 8.08. The fourth-order valence-corrected chi connectivity index (χ4v) is 4.29. The van der Waals surface area contributed by atoms with Crippen LogP contribution in [0.1, 0.15) is 44.3 Å². The number of methoxy groups -OCH3 is 1. The lowest BCUT2D eigenvalue weighted by molar-refractivity contribution is 0.0925. The molecule has 0 saturated carbocycles. The lowest BCUT2D eigenvalue weighted by atomic mass is 9.95. The Hall–Kier alpha value is -0.900. The molecule has 170 valence electrons. The van der Waals surface area contributed by atoms with Gasteiger partial charge in [-0.3, -0.25) is 4.99 Å². The molecule has 6 nitrogen and oxygen atoms in total. The van der Waals surface area contributed by atoms with Gasteiger partial charge < -0.3 is 25.0 Å². The Bertz CT molecular complexity index is 608. The highest BCUT2D eigenvalue weighted by Crippen LogP contribution is 2.34. The minimum atomic E-state index is 0. The summed E-state index contributed by atoms with van der Waals surface area (Å²) in [4.78, 5) is 7.47. The number of hydrogen-bond donors (Lipinski definition) is 2. The molecule has 7 heteroatoms. The van der Waals surface area contributed by atoms with Gasteiger partial charge in [0.15, 0.2) is 5.96 Å². The van der Waals surface area contributed by atoms with Crippen molar-refractivity contribution < 1.29 is 9.47 Å². The average molecular weight is 530 g/mol. The molecule has 2 saturated heterocycles. The van der Waals surface area contributed by atoms with Crippen molar-refractivity contribution in [2.45, 2.75) is 44.8 Å². The molecule has 0 spiro atoms. The Balaban J connectivity index is 0.00000320. The van der Waals surface area contributed by atoms with Crippen LogP contribution in [0.2, 0.25) is 0 Å².